The van der Waals surface area contributed by atoms with E-state index in [4.69, 9.17) is 9.84 Å². The highest BCUT2D eigenvalue weighted by molar-refractivity contribution is 5.88. The number of nitrogens with zero attached hydrogens (tertiary/aromatic N) is 2. The summed E-state index contributed by atoms with van der Waals surface area (Å²) in [7, 11) is 1.53. The maximum atomic E-state index is 12.6. The standard InChI is InChI=1S/C13H11F3N2O3/c1-18-11(10(6-17-18)12(19)20)7-21-9-4-2-3-8(5-9)13(14,15)16/h2-6H,7H2,1H3,(H,19,20). The summed E-state index contributed by atoms with van der Waals surface area (Å²) in [6.45, 7) is -0.195. The van der Waals surface area contributed by atoms with Crippen molar-refractivity contribution in [3.05, 3.63) is 47.3 Å². The van der Waals surface area contributed by atoms with Crippen molar-refractivity contribution in [3.63, 3.8) is 0 Å². The smallest absolute Gasteiger partial charge is 0.416 e. The molecule has 0 saturated heterocycles. The number of hydrogen-bond donors (Lipinski definition) is 1. The van der Waals surface area contributed by atoms with E-state index in [-0.39, 0.29) is 23.6 Å². The zero-order chi connectivity index (χ0) is 15.6. The molecule has 0 aliphatic carbocycles. The number of hydrogen-bond acceptors (Lipinski definition) is 3. The van der Waals surface area contributed by atoms with Gasteiger partial charge in [-0.1, -0.05) is 6.07 Å². The predicted molar refractivity (Wildman–Crippen MR) is 65.9 cm³/mol. The minimum absolute atomic E-state index is 0.00219. The third kappa shape index (κ3) is 3.33. The second-order valence-electron chi connectivity index (χ2n) is 4.25. The van der Waals surface area contributed by atoms with Gasteiger partial charge < -0.3 is 9.84 Å². The van der Waals surface area contributed by atoms with Crippen LogP contribution < -0.4 is 4.74 Å². The van der Waals surface area contributed by atoms with Crippen LogP contribution in [0, 0.1) is 0 Å². The minimum Gasteiger partial charge on any atom is -0.487 e. The lowest BCUT2D eigenvalue weighted by molar-refractivity contribution is -0.137. The highest BCUT2D eigenvalue weighted by Crippen LogP contribution is 2.31. The molecule has 0 aliphatic heterocycles. The van der Waals surface area contributed by atoms with Crippen LogP contribution in [0.2, 0.25) is 0 Å². The second kappa shape index (κ2) is 5.47. The SMILES string of the molecule is Cn1ncc(C(=O)O)c1COc1cccc(C(F)(F)F)c1. The zero-order valence-corrected chi connectivity index (χ0v) is 10.9. The Morgan fingerprint density at radius 2 is 2.14 bits per heavy atom. The lowest BCUT2D eigenvalue weighted by Gasteiger charge is -2.10. The van der Waals surface area contributed by atoms with E-state index in [0.717, 1.165) is 18.3 Å². The number of aryl methyl sites for hydroxylation is 1. The Hall–Kier alpha value is -2.51. The van der Waals surface area contributed by atoms with Crippen LogP contribution in [0.1, 0.15) is 21.6 Å². The first-order valence-corrected chi connectivity index (χ1v) is 5.83. The van der Waals surface area contributed by atoms with Gasteiger partial charge in [0.2, 0.25) is 0 Å². The van der Waals surface area contributed by atoms with E-state index >= 15 is 0 Å². The minimum atomic E-state index is -4.46. The van der Waals surface area contributed by atoms with Crippen LogP contribution in [-0.4, -0.2) is 20.9 Å². The third-order valence-corrected chi connectivity index (χ3v) is 2.83. The van der Waals surface area contributed by atoms with E-state index in [9.17, 15) is 18.0 Å². The number of aromatic nitrogens is 2. The molecular weight excluding hydrogens is 289 g/mol. The number of halogens is 3. The molecule has 1 N–H and O–H groups in total. The summed E-state index contributed by atoms with van der Waals surface area (Å²) in [6, 6.07) is 4.38. The van der Waals surface area contributed by atoms with Crippen LogP contribution in [0.15, 0.2) is 30.5 Å². The third-order valence-electron chi connectivity index (χ3n) is 2.83. The normalized spacial score (nSPS) is 11.4. The Kier molecular flexibility index (Phi) is 3.88. The highest BCUT2D eigenvalue weighted by Gasteiger charge is 2.30. The van der Waals surface area contributed by atoms with Crippen molar-refractivity contribution in [1.29, 1.82) is 0 Å². The molecule has 112 valence electrons. The van der Waals surface area contributed by atoms with E-state index in [1.165, 1.54) is 23.9 Å². The van der Waals surface area contributed by atoms with Crippen LogP contribution in [0.25, 0.3) is 0 Å². The van der Waals surface area contributed by atoms with Gasteiger partial charge in [-0.2, -0.15) is 18.3 Å². The Balaban J connectivity index is 2.18. The Bertz CT molecular complexity index is 665. The topological polar surface area (TPSA) is 64.4 Å². The molecule has 0 spiro atoms. The first-order chi connectivity index (χ1) is 9.79. The van der Waals surface area contributed by atoms with Gasteiger partial charge in [0, 0.05) is 7.05 Å². The number of carbonyl (C=O) groups is 1. The molecule has 0 bridgehead atoms. The van der Waals surface area contributed by atoms with Gasteiger partial charge in [0.05, 0.1) is 17.5 Å². The maximum absolute atomic E-state index is 12.6. The fourth-order valence-electron chi connectivity index (χ4n) is 1.73. The average molecular weight is 300 g/mol. The largest absolute Gasteiger partial charge is 0.487 e. The number of benzene rings is 1. The Labute approximate surface area is 117 Å². The van der Waals surface area contributed by atoms with Crippen molar-refractivity contribution in [2.75, 3.05) is 0 Å². The van der Waals surface area contributed by atoms with Crippen LogP contribution in [-0.2, 0) is 19.8 Å². The van der Waals surface area contributed by atoms with Crippen LogP contribution in [0.5, 0.6) is 5.75 Å². The fraction of sp³-hybridized carbons (Fsp3) is 0.231. The van der Waals surface area contributed by atoms with Crippen molar-refractivity contribution in [2.24, 2.45) is 7.05 Å². The van der Waals surface area contributed by atoms with Crippen LogP contribution in [0.4, 0.5) is 13.2 Å². The molecule has 0 radical (unpaired) electrons. The summed E-state index contributed by atoms with van der Waals surface area (Å²) in [6.07, 6.45) is -3.30. The van der Waals surface area contributed by atoms with Gasteiger partial charge >= 0.3 is 12.1 Å². The van der Waals surface area contributed by atoms with E-state index in [2.05, 4.69) is 5.10 Å². The number of rotatable bonds is 4. The number of carboxylic acids is 1. The first-order valence-electron chi connectivity index (χ1n) is 5.83. The molecule has 1 heterocycles. The summed E-state index contributed by atoms with van der Waals surface area (Å²) < 4.78 is 44.2. The quantitative estimate of drug-likeness (QED) is 0.943. The molecule has 8 heteroatoms. The van der Waals surface area contributed by atoms with Crippen molar-refractivity contribution in [2.45, 2.75) is 12.8 Å². The van der Waals surface area contributed by atoms with Gasteiger partial charge in [-0.25, -0.2) is 4.79 Å². The lowest BCUT2D eigenvalue weighted by Crippen LogP contribution is -2.09. The van der Waals surface area contributed by atoms with Crippen molar-refractivity contribution in [3.8, 4) is 5.75 Å². The highest BCUT2D eigenvalue weighted by atomic mass is 19.4. The van der Waals surface area contributed by atoms with Gasteiger partial charge in [0.15, 0.2) is 0 Å². The molecule has 0 aliphatic rings. The summed E-state index contributed by atoms with van der Waals surface area (Å²) >= 11 is 0. The summed E-state index contributed by atoms with van der Waals surface area (Å²) in [5.74, 6) is -1.17. The van der Waals surface area contributed by atoms with Gasteiger partial charge in [-0.3, -0.25) is 4.68 Å². The zero-order valence-electron chi connectivity index (χ0n) is 10.9. The summed E-state index contributed by atoms with van der Waals surface area (Å²) in [5.41, 5.74) is -0.618. The summed E-state index contributed by atoms with van der Waals surface area (Å²) in [5, 5.41) is 12.8. The molecule has 0 unspecified atom stereocenters. The number of alkyl halides is 3. The van der Waals surface area contributed by atoms with E-state index in [0.29, 0.717) is 0 Å². The molecule has 1 aromatic heterocycles. The lowest BCUT2D eigenvalue weighted by atomic mass is 10.2. The molecule has 2 aromatic rings. The van der Waals surface area contributed by atoms with Crippen LogP contribution >= 0.6 is 0 Å². The van der Waals surface area contributed by atoms with E-state index < -0.39 is 17.7 Å². The number of ether oxygens (including phenoxy) is 1. The van der Waals surface area contributed by atoms with Crippen molar-refractivity contribution >= 4 is 5.97 Å². The van der Waals surface area contributed by atoms with Crippen molar-refractivity contribution in [1.82, 2.24) is 9.78 Å². The fourth-order valence-corrected chi connectivity index (χ4v) is 1.73. The monoisotopic (exact) mass is 300 g/mol. The van der Waals surface area contributed by atoms with Crippen LogP contribution in [0.3, 0.4) is 0 Å². The van der Waals surface area contributed by atoms with Gasteiger partial charge in [-0.15, -0.1) is 0 Å². The molecule has 0 amide bonds. The van der Waals surface area contributed by atoms with E-state index in [1.807, 2.05) is 0 Å². The molecule has 21 heavy (non-hydrogen) atoms. The first kappa shape index (κ1) is 14.9. The van der Waals surface area contributed by atoms with Gasteiger partial charge in [0.1, 0.15) is 17.9 Å². The molecule has 2 rings (SSSR count). The average Bonchev–Trinajstić information content (AvgIpc) is 2.77. The van der Waals surface area contributed by atoms with E-state index in [1.54, 1.807) is 0 Å². The molecular formula is C13H11F3N2O3. The predicted octanol–water partition coefficient (Wildman–Crippen LogP) is 2.72. The molecule has 1 aromatic carbocycles. The molecule has 5 nitrogen and oxygen atoms in total. The van der Waals surface area contributed by atoms with Gasteiger partial charge in [0.25, 0.3) is 0 Å². The second-order valence-corrected chi connectivity index (χ2v) is 4.25. The molecule has 0 saturated carbocycles. The Morgan fingerprint density at radius 1 is 1.43 bits per heavy atom. The summed E-state index contributed by atoms with van der Waals surface area (Å²) in [4.78, 5) is 11.0. The molecule has 0 atom stereocenters. The maximum Gasteiger partial charge on any atom is 0.416 e. The molecule has 0 fully saturated rings. The number of aromatic carboxylic acids is 1. The Morgan fingerprint density at radius 3 is 2.76 bits per heavy atom. The van der Waals surface area contributed by atoms with Gasteiger partial charge in [-0.05, 0) is 18.2 Å². The number of carboxylic acid groups (broad SMARTS) is 1. The van der Waals surface area contributed by atoms with Crippen molar-refractivity contribution < 1.29 is 27.8 Å².